The SMILES string of the molecule is O=C(Nc1ccccc1-c1ccccc1)c1ccc(F)c(F)c1. The molecule has 0 fully saturated rings. The van der Waals surface area contributed by atoms with Crippen molar-refractivity contribution in [2.75, 3.05) is 5.32 Å². The van der Waals surface area contributed by atoms with Crippen molar-refractivity contribution >= 4 is 11.6 Å². The second-order valence-corrected chi connectivity index (χ2v) is 4.99. The molecule has 0 aliphatic carbocycles. The van der Waals surface area contributed by atoms with Gasteiger partial charge in [-0.25, -0.2) is 8.78 Å². The maximum Gasteiger partial charge on any atom is 0.255 e. The summed E-state index contributed by atoms with van der Waals surface area (Å²) in [7, 11) is 0. The molecule has 114 valence electrons. The van der Waals surface area contributed by atoms with Crippen LogP contribution in [0.3, 0.4) is 0 Å². The monoisotopic (exact) mass is 309 g/mol. The van der Waals surface area contributed by atoms with E-state index in [0.29, 0.717) is 5.69 Å². The Morgan fingerprint density at radius 2 is 1.48 bits per heavy atom. The van der Waals surface area contributed by atoms with E-state index in [1.54, 1.807) is 12.1 Å². The molecule has 0 radical (unpaired) electrons. The summed E-state index contributed by atoms with van der Waals surface area (Å²) in [6, 6.07) is 20.0. The van der Waals surface area contributed by atoms with Gasteiger partial charge < -0.3 is 5.32 Å². The lowest BCUT2D eigenvalue weighted by Gasteiger charge is -2.11. The highest BCUT2D eigenvalue weighted by Crippen LogP contribution is 2.28. The van der Waals surface area contributed by atoms with Crippen molar-refractivity contribution in [3.05, 3.63) is 90.0 Å². The third kappa shape index (κ3) is 3.26. The first-order valence-corrected chi connectivity index (χ1v) is 7.06. The summed E-state index contributed by atoms with van der Waals surface area (Å²) >= 11 is 0. The van der Waals surface area contributed by atoms with Gasteiger partial charge in [-0.15, -0.1) is 0 Å². The highest BCUT2D eigenvalue weighted by Gasteiger charge is 2.12. The molecule has 0 aliphatic heterocycles. The van der Waals surface area contributed by atoms with Crippen molar-refractivity contribution in [3.63, 3.8) is 0 Å². The second kappa shape index (κ2) is 6.40. The quantitative estimate of drug-likeness (QED) is 0.733. The fourth-order valence-corrected chi connectivity index (χ4v) is 2.29. The lowest BCUT2D eigenvalue weighted by atomic mass is 10.0. The Bertz CT molecular complexity index is 847. The Hall–Kier alpha value is -3.01. The number of carbonyl (C=O) groups is 1. The van der Waals surface area contributed by atoms with Gasteiger partial charge in [0.25, 0.3) is 5.91 Å². The van der Waals surface area contributed by atoms with Gasteiger partial charge >= 0.3 is 0 Å². The number of hydrogen-bond acceptors (Lipinski definition) is 1. The van der Waals surface area contributed by atoms with Crippen LogP contribution in [0, 0.1) is 11.6 Å². The molecule has 0 unspecified atom stereocenters. The van der Waals surface area contributed by atoms with Crippen LogP contribution in [-0.2, 0) is 0 Å². The standard InChI is InChI=1S/C19H13F2NO/c20-16-11-10-14(12-17(16)21)19(23)22-18-9-5-4-8-15(18)13-6-2-1-3-7-13/h1-12H,(H,22,23). The first-order valence-electron chi connectivity index (χ1n) is 7.06. The van der Waals surface area contributed by atoms with Gasteiger partial charge in [-0.05, 0) is 29.8 Å². The fourth-order valence-electron chi connectivity index (χ4n) is 2.29. The molecule has 0 bridgehead atoms. The van der Waals surface area contributed by atoms with Crippen molar-refractivity contribution in [1.29, 1.82) is 0 Å². The Kier molecular flexibility index (Phi) is 4.15. The molecule has 4 heteroatoms. The summed E-state index contributed by atoms with van der Waals surface area (Å²) in [6.45, 7) is 0. The van der Waals surface area contributed by atoms with Gasteiger partial charge in [0.1, 0.15) is 0 Å². The van der Waals surface area contributed by atoms with Gasteiger partial charge in [0.05, 0.1) is 0 Å². The van der Waals surface area contributed by atoms with E-state index in [4.69, 9.17) is 0 Å². The van der Waals surface area contributed by atoms with E-state index in [1.807, 2.05) is 42.5 Å². The van der Waals surface area contributed by atoms with Crippen LogP contribution in [0.2, 0.25) is 0 Å². The predicted octanol–water partition coefficient (Wildman–Crippen LogP) is 4.88. The number of halogens is 2. The van der Waals surface area contributed by atoms with Crippen molar-refractivity contribution in [3.8, 4) is 11.1 Å². The van der Waals surface area contributed by atoms with Crippen LogP contribution < -0.4 is 5.32 Å². The molecule has 3 aromatic carbocycles. The minimum absolute atomic E-state index is 0.0618. The number of hydrogen-bond donors (Lipinski definition) is 1. The molecule has 2 nitrogen and oxygen atoms in total. The summed E-state index contributed by atoms with van der Waals surface area (Å²) in [4.78, 5) is 12.3. The van der Waals surface area contributed by atoms with Crippen LogP contribution in [0.25, 0.3) is 11.1 Å². The molecule has 1 N–H and O–H groups in total. The van der Waals surface area contributed by atoms with Gasteiger partial charge in [-0.1, -0.05) is 48.5 Å². The van der Waals surface area contributed by atoms with E-state index in [2.05, 4.69) is 5.32 Å². The molecule has 23 heavy (non-hydrogen) atoms. The zero-order chi connectivity index (χ0) is 16.2. The zero-order valence-corrected chi connectivity index (χ0v) is 12.1. The van der Waals surface area contributed by atoms with Gasteiger partial charge in [0, 0.05) is 16.8 Å². The van der Waals surface area contributed by atoms with Gasteiger partial charge in [0.2, 0.25) is 0 Å². The Morgan fingerprint density at radius 1 is 0.783 bits per heavy atom. The van der Waals surface area contributed by atoms with Crippen LogP contribution >= 0.6 is 0 Å². The largest absolute Gasteiger partial charge is 0.321 e. The van der Waals surface area contributed by atoms with Gasteiger partial charge in [-0.2, -0.15) is 0 Å². The third-order valence-corrected chi connectivity index (χ3v) is 3.44. The van der Waals surface area contributed by atoms with E-state index >= 15 is 0 Å². The van der Waals surface area contributed by atoms with E-state index in [-0.39, 0.29) is 5.56 Å². The molecule has 3 aromatic rings. The lowest BCUT2D eigenvalue weighted by molar-refractivity contribution is 0.102. The highest BCUT2D eigenvalue weighted by molar-refractivity contribution is 6.06. The summed E-state index contributed by atoms with van der Waals surface area (Å²) in [5, 5.41) is 2.74. The molecule has 0 spiro atoms. The number of amides is 1. The van der Waals surface area contributed by atoms with E-state index in [0.717, 1.165) is 23.3 Å². The fraction of sp³-hybridized carbons (Fsp3) is 0. The first kappa shape index (κ1) is 14.9. The minimum Gasteiger partial charge on any atom is -0.321 e. The van der Waals surface area contributed by atoms with Crippen molar-refractivity contribution in [1.82, 2.24) is 0 Å². The van der Waals surface area contributed by atoms with Crippen molar-refractivity contribution in [2.24, 2.45) is 0 Å². The minimum atomic E-state index is -1.05. The van der Waals surface area contributed by atoms with Gasteiger partial charge in [-0.3, -0.25) is 4.79 Å². The Morgan fingerprint density at radius 3 is 2.22 bits per heavy atom. The maximum absolute atomic E-state index is 13.3. The normalized spacial score (nSPS) is 10.3. The molecule has 0 saturated carbocycles. The Labute approximate surface area is 132 Å². The number of rotatable bonds is 3. The highest BCUT2D eigenvalue weighted by atomic mass is 19.2. The molecule has 3 rings (SSSR count). The molecule has 0 aromatic heterocycles. The average molecular weight is 309 g/mol. The molecule has 0 heterocycles. The van der Waals surface area contributed by atoms with E-state index in [9.17, 15) is 13.6 Å². The number of carbonyl (C=O) groups excluding carboxylic acids is 1. The molecule has 1 amide bonds. The predicted molar refractivity (Wildman–Crippen MR) is 86.2 cm³/mol. The van der Waals surface area contributed by atoms with Crippen LogP contribution in [0.5, 0.6) is 0 Å². The van der Waals surface area contributed by atoms with Crippen molar-refractivity contribution < 1.29 is 13.6 Å². The van der Waals surface area contributed by atoms with E-state index < -0.39 is 17.5 Å². The second-order valence-electron chi connectivity index (χ2n) is 4.99. The van der Waals surface area contributed by atoms with Gasteiger partial charge in [0.15, 0.2) is 11.6 Å². The number of nitrogens with one attached hydrogen (secondary N) is 1. The third-order valence-electron chi connectivity index (χ3n) is 3.44. The van der Waals surface area contributed by atoms with Crippen LogP contribution in [-0.4, -0.2) is 5.91 Å². The smallest absolute Gasteiger partial charge is 0.255 e. The zero-order valence-electron chi connectivity index (χ0n) is 12.1. The molecule has 0 aliphatic rings. The van der Waals surface area contributed by atoms with Crippen LogP contribution in [0.4, 0.5) is 14.5 Å². The van der Waals surface area contributed by atoms with Crippen LogP contribution in [0.1, 0.15) is 10.4 Å². The number of anilines is 1. The summed E-state index contributed by atoms with van der Waals surface area (Å²) in [5.74, 6) is -2.52. The maximum atomic E-state index is 13.3. The summed E-state index contributed by atoms with van der Waals surface area (Å²) < 4.78 is 26.2. The first-order chi connectivity index (χ1) is 11.1. The Balaban J connectivity index is 1.91. The summed E-state index contributed by atoms with van der Waals surface area (Å²) in [6.07, 6.45) is 0. The molecule has 0 saturated heterocycles. The van der Waals surface area contributed by atoms with Crippen LogP contribution in [0.15, 0.2) is 72.8 Å². The lowest BCUT2D eigenvalue weighted by Crippen LogP contribution is -2.13. The molecule has 0 atom stereocenters. The number of para-hydroxylation sites is 1. The molecular formula is C19H13F2NO. The number of benzene rings is 3. The van der Waals surface area contributed by atoms with Crippen molar-refractivity contribution in [2.45, 2.75) is 0 Å². The van der Waals surface area contributed by atoms with E-state index in [1.165, 1.54) is 6.07 Å². The topological polar surface area (TPSA) is 29.1 Å². The average Bonchev–Trinajstić information content (AvgIpc) is 2.58. The molecular weight excluding hydrogens is 296 g/mol. The summed E-state index contributed by atoms with van der Waals surface area (Å²) in [5.41, 5.74) is 2.47.